The number of amides is 2. The van der Waals surface area contributed by atoms with E-state index >= 15 is 0 Å². The van der Waals surface area contributed by atoms with Gasteiger partial charge in [0.1, 0.15) is 23.5 Å². The Bertz CT molecular complexity index is 1490. The topological polar surface area (TPSA) is 88.2 Å². The summed E-state index contributed by atoms with van der Waals surface area (Å²) in [6.07, 6.45) is 4.52. The van der Waals surface area contributed by atoms with Gasteiger partial charge in [-0.25, -0.2) is 4.68 Å². The van der Waals surface area contributed by atoms with Crippen LogP contribution >= 0.6 is 0 Å². The highest BCUT2D eigenvalue weighted by atomic mass is 16.5. The van der Waals surface area contributed by atoms with E-state index < -0.39 is 11.8 Å². The Hall–Kier alpha value is -4.44. The van der Waals surface area contributed by atoms with Gasteiger partial charge < -0.3 is 4.74 Å². The standard InChI is InChI=1S/C28H24N4O3/c1-16-10-19(12-20-11-17(2)35-26(16)20)25-21(15-32(30-25)22-8-6-5-7-9-22)13-23-18(3)24(14-29)28(34)31(4)27(23)33/h5-10,12-13,15,17H,11H2,1-4H3/b23-13+/t17-/m1/s1. The molecule has 0 aliphatic carbocycles. The second kappa shape index (κ2) is 8.41. The fraction of sp³-hybridized carbons (Fsp3) is 0.214. The molecular formula is C28H24N4O3. The first-order valence-corrected chi connectivity index (χ1v) is 11.4. The van der Waals surface area contributed by atoms with Gasteiger partial charge in [0.25, 0.3) is 11.8 Å². The van der Waals surface area contributed by atoms with E-state index in [0.717, 1.165) is 39.4 Å². The first-order chi connectivity index (χ1) is 16.8. The van der Waals surface area contributed by atoms with Crippen LogP contribution in [0, 0.1) is 18.3 Å². The van der Waals surface area contributed by atoms with Crippen LogP contribution in [0.2, 0.25) is 0 Å². The largest absolute Gasteiger partial charge is 0.490 e. The van der Waals surface area contributed by atoms with E-state index in [9.17, 15) is 14.9 Å². The van der Waals surface area contributed by atoms with E-state index in [0.29, 0.717) is 22.4 Å². The van der Waals surface area contributed by atoms with Crippen molar-refractivity contribution in [1.29, 1.82) is 5.26 Å². The van der Waals surface area contributed by atoms with Crippen molar-refractivity contribution in [3.63, 3.8) is 0 Å². The number of likely N-dealkylation sites (N-methyl/N-ethyl adjacent to an activating group) is 1. The summed E-state index contributed by atoms with van der Waals surface area (Å²) in [5.41, 5.74) is 5.98. The van der Waals surface area contributed by atoms with Crippen molar-refractivity contribution in [2.75, 3.05) is 7.05 Å². The van der Waals surface area contributed by atoms with Crippen molar-refractivity contribution in [2.45, 2.75) is 33.3 Å². The Labute approximate surface area is 203 Å². The molecule has 3 aromatic rings. The highest BCUT2D eigenvalue weighted by Gasteiger charge is 2.33. The van der Waals surface area contributed by atoms with Crippen molar-refractivity contribution in [3.05, 3.63) is 82.1 Å². The SMILES string of the molecule is CC1=C(C#N)C(=O)N(C)C(=O)/C1=C/c1cn(-c2ccccc2)nc1-c1cc(C)c2c(c1)C[C@@H](C)O2. The fourth-order valence-corrected chi connectivity index (χ4v) is 4.64. The average Bonchev–Trinajstić information content (AvgIpc) is 3.45. The smallest absolute Gasteiger partial charge is 0.271 e. The molecule has 3 heterocycles. The molecule has 0 spiro atoms. The van der Waals surface area contributed by atoms with Crippen LogP contribution in [0.1, 0.15) is 30.5 Å². The summed E-state index contributed by atoms with van der Waals surface area (Å²) in [6.45, 7) is 5.70. The van der Waals surface area contributed by atoms with Crippen LogP contribution in [0.4, 0.5) is 0 Å². The Morgan fingerprint density at radius 1 is 1.14 bits per heavy atom. The highest BCUT2D eigenvalue weighted by Crippen LogP contribution is 2.38. The molecule has 0 saturated carbocycles. The third-order valence-electron chi connectivity index (χ3n) is 6.46. The van der Waals surface area contributed by atoms with Crippen molar-refractivity contribution >= 4 is 17.9 Å². The van der Waals surface area contributed by atoms with Gasteiger partial charge in [0.15, 0.2) is 0 Å². The highest BCUT2D eigenvalue weighted by molar-refractivity contribution is 6.19. The summed E-state index contributed by atoms with van der Waals surface area (Å²) in [4.78, 5) is 26.4. The number of aromatic nitrogens is 2. The Kier molecular flexibility index (Phi) is 5.37. The summed E-state index contributed by atoms with van der Waals surface area (Å²) < 4.78 is 7.75. The van der Waals surface area contributed by atoms with E-state index in [2.05, 4.69) is 6.07 Å². The summed E-state index contributed by atoms with van der Waals surface area (Å²) >= 11 is 0. The van der Waals surface area contributed by atoms with Gasteiger partial charge in [-0.15, -0.1) is 0 Å². The maximum absolute atomic E-state index is 13.0. The van der Waals surface area contributed by atoms with Crippen molar-refractivity contribution in [1.82, 2.24) is 14.7 Å². The van der Waals surface area contributed by atoms with Crippen LogP contribution in [-0.2, 0) is 16.0 Å². The molecule has 2 aliphatic heterocycles. The lowest BCUT2D eigenvalue weighted by Crippen LogP contribution is -2.39. The number of carbonyl (C=O) groups is 2. The Morgan fingerprint density at radius 2 is 1.89 bits per heavy atom. The van der Waals surface area contributed by atoms with Crippen molar-refractivity contribution in [3.8, 4) is 28.8 Å². The lowest BCUT2D eigenvalue weighted by Gasteiger charge is -2.23. The molecule has 1 atom stereocenters. The summed E-state index contributed by atoms with van der Waals surface area (Å²) in [6, 6.07) is 15.8. The lowest BCUT2D eigenvalue weighted by molar-refractivity contribution is -0.138. The molecule has 0 radical (unpaired) electrons. The predicted molar refractivity (Wildman–Crippen MR) is 132 cm³/mol. The molecule has 0 unspecified atom stereocenters. The number of rotatable bonds is 3. The Balaban J connectivity index is 1.72. The fourth-order valence-electron chi connectivity index (χ4n) is 4.64. The summed E-state index contributed by atoms with van der Waals surface area (Å²) in [5.74, 6) is -0.114. The first-order valence-electron chi connectivity index (χ1n) is 11.4. The molecule has 2 aromatic carbocycles. The zero-order valence-electron chi connectivity index (χ0n) is 20.0. The molecule has 1 aromatic heterocycles. The maximum Gasteiger partial charge on any atom is 0.271 e. The molecule has 0 bridgehead atoms. The number of carbonyl (C=O) groups excluding carboxylic acids is 2. The molecule has 0 N–H and O–H groups in total. The number of nitriles is 1. The van der Waals surface area contributed by atoms with Crippen LogP contribution in [0.15, 0.2) is 65.4 Å². The average molecular weight is 465 g/mol. The molecule has 35 heavy (non-hydrogen) atoms. The second-order valence-corrected chi connectivity index (χ2v) is 8.97. The van der Waals surface area contributed by atoms with E-state index in [1.54, 1.807) is 17.7 Å². The molecule has 174 valence electrons. The first kappa shape index (κ1) is 22.4. The third kappa shape index (κ3) is 3.73. The summed E-state index contributed by atoms with van der Waals surface area (Å²) in [5, 5.41) is 14.4. The van der Waals surface area contributed by atoms with Gasteiger partial charge >= 0.3 is 0 Å². The zero-order chi connectivity index (χ0) is 24.9. The quantitative estimate of drug-likeness (QED) is 0.424. The van der Waals surface area contributed by atoms with Gasteiger partial charge in [-0.05, 0) is 67.8 Å². The minimum absolute atomic E-state index is 0.0325. The minimum atomic E-state index is -0.587. The number of aryl methyl sites for hydroxylation is 1. The zero-order valence-corrected chi connectivity index (χ0v) is 20.0. The van der Waals surface area contributed by atoms with Gasteiger partial charge in [0, 0.05) is 36.4 Å². The number of hydrogen-bond acceptors (Lipinski definition) is 5. The number of hydrogen-bond donors (Lipinski definition) is 0. The minimum Gasteiger partial charge on any atom is -0.490 e. The molecule has 2 amide bonds. The van der Waals surface area contributed by atoms with Crippen molar-refractivity contribution in [2.24, 2.45) is 0 Å². The number of fused-ring (bicyclic) bond motifs is 1. The Morgan fingerprint density at radius 3 is 2.60 bits per heavy atom. The molecule has 7 heteroatoms. The van der Waals surface area contributed by atoms with Crippen LogP contribution in [0.25, 0.3) is 23.0 Å². The second-order valence-electron chi connectivity index (χ2n) is 8.97. The van der Waals surface area contributed by atoms with E-state index in [1.807, 2.05) is 62.5 Å². The third-order valence-corrected chi connectivity index (χ3v) is 6.46. The van der Waals surface area contributed by atoms with E-state index in [4.69, 9.17) is 9.84 Å². The number of benzene rings is 2. The van der Waals surface area contributed by atoms with Crippen LogP contribution in [-0.4, -0.2) is 39.6 Å². The van der Waals surface area contributed by atoms with Crippen LogP contribution < -0.4 is 4.74 Å². The molecule has 7 nitrogen and oxygen atoms in total. The molecular weight excluding hydrogens is 440 g/mol. The number of para-hydroxylation sites is 1. The normalized spacial score (nSPS) is 18.7. The van der Waals surface area contributed by atoms with Gasteiger partial charge in [0.2, 0.25) is 0 Å². The maximum atomic E-state index is 13.0. The van der Waals surface area contributed by atoms with Gasteiger partial charge in [-0.2, -0.15) is 10.4 Å². The van der Waals surface area contributed by atoms with Gasteiger partial charge in [-0.1, -0.05) is 18.2 Å². The lowest BCUT2D eigenvalue weighted by atomic mass is 9.93. The molecule has 5 rings (SSSR count). The number of imide groups is 1. The van der Waals surface area contributed by atoms with E-state index in [1.165, 1.54) is 7.05 Å². The van der Waals surface area contributed by atoms with Gasteiger partial charge in [0.05, 0.1) is 11.4 Å². The van der Waals surface area contributed by atoms with Gasteiger partial charge in [-0.3, -0.25) is 14.5 Å². The van der Waals surface area contributed by atoms with E-state index in [-0.39, 0.29) is 11.7 Å². The summed E-state index contributed by atoms with van der Waals surface area (Å²) in [7, 11) is 1.39. The predicted octanol–water partition coefficient (Wildman–Crippen LogP) is 4.39. The molecule has 0 fully saturated rings. The number of nitrogens with zero attached hydrogens (tertiary/aromatic N) is 4. The molecule has 0 saturated heterocycles. The molecule has 2 aliphatic rings. The van der Waals surface area contributed by atoms with Crippen LogP contribution in [0.5, 0.6) is 5.75 Å². The van der Waals surface area contributed by atoms with Crippen LogP contribution in [0.3, 0.4) is 0 Å². The monoisotopic (exact) mass is 464 g/mol. The number of ether oxygens (including phenoxy) is 1. The van der Waals surface area contributed by atoms with Crippen molar-refractivity contribution < 1.29 is 14.3 Å².